The normalized spacial score (nSPS) is 23.9. The van der Waals surface area contributed by atoms with Gasteiger partial charge in [-0.1, -0.05) is 32.1 Å². The molecule has 3 heteroatoms. The van der Waals surface area contributed by atoms with Gasteiger partial charge in [-0.05, 0) is 6.42 Å². The Bertz CT molecular complexity index is 209. The molecule has 0 saturated carbocycles. The maximum atomic E-state index is 3.36. The van der Waals surface area contributed by atoms with Gasteiger partial charge in [-0.3, -0.25) is 6.08 Å². The third-order valence-electron chi connectivity index (χ3n) is 2.58. The van der Waals surface area contributed by atoms with Gasteiger partial charge >= 0.3 is 21.7 Å². The molecule has 0 saturated heterocycles. The number of rotatable bonds is 0. The van der Waals surface area contributed by atoms with Crippen LogP contribution in [0.1, 0.15) is 32.6 Å². The Labute approximate surface area is 108 Å². The van der Waals surface area contributed by atoms with Crippen LogP contribution in [-0.4, -0.2) is 0 Å². The largest absolute Gasteiger partial charge is 3.00 e. The molecule has 0 aromatic heterocycles. The Morgan fingerprint density at radius 2 is 1.85 bits per heavy atom. The van der Waals surface area contributed by atoms with Gasteiger partial charge in [0.05, 0.1) is 0 Å². The molecular formula is C10H13Cl2Ti. The van der Waals surface area contributed by atoms with Gasteiger partial charge in [0.2, 0.25) is 0 Å². The van der Waals surface area contributed by atoms with Crippen molar-refractivity contribution in [3.63, 3.8) is 0 Å². The first-order valence-corrected chi connectivity index (χ1v) is 4.19. The van der Waals surface area contributed by atoms with Crippen LogP contribution in [0.15, 0.2) is 17.2 Å². The quantitative estimate of drug-likeness (QED) is 0.316. The van der Waals surface area contributed by atoms with Crippen LogP contribution in [0.25, 0.3) is 0 Å². The van der Waals surface area contributed by atoms with E-state index >= 15 is 0 Å². The summed E-state index contributed by atoms with van der Waals surface area (Å²) >= 11 is 0. The molecule has 71 valence electrons. The van der Waals surface area contributed by atoms with E-state index in [4.69, 9.17) is 0 Å². The summed E-state index contributed by atoms with van der Waals surface area (Å²) in [5.41, 5.74) is 3.27. The van der Waals surface area contributed by atoms with Crippen LogP contribution in [0.3, 0.4) is 0 Å². The van der Waals surface area contributed by atoms with E-state index < -0.39 is 0 Å². The van der Waals surface area contributed by atoms with Gasteiger partial charge in [0, 0.05) is 0 Å². The summed E-state index contributed by atoms with van der Waals surface area (Å²) in [4.78, 5) is 0. The third-order valence-corrected chi connectivity index (χ3v) is 2.58. The van der Waals surface area contributed by atoms with Gasteiger partial charge in [-0.2, -0.15) is 11.1 Å². The molecule has 0 N–H and O–H groups in total. The van der Waals surface area contributed by atoms with E-state index in [1.54, 1.807) is 11.1 Å². The minimum absolute atomic E-state index is 0. The molecule has 0 aromatic rings. The standard InChI is InChI=1S/C10H13.2ClH.Ti/c1-8-6-7-9-4-2-3-5-10(8)9;;;/h7-8H,2-5H2,1H3;2*1H;/q-1;;;+3/p-2. The second-order valence-electron chi connectivity index (χ2n) is 3.29. The molecule has 1 unspecified atom stereocenters. The van der Waals surface area contributed by atoms with Gasteiger partial charge in [0.25, 0.3) is 0 Å². The topological polar surface area (TPSA) is 0 Å². The molecular weight excluding hydrogens is 239 g/mol. The summed E-state index contributed by atoms with van der Waals surface area (Å²) in [5.74, 6) is 0.635. The molecule has 2 aliphatic carbocycles. The number of hydrogen-bond donors (Lipinski definition) is 0. The molecule has 0 fully saturated rings. The molecule has 0 nitrogen and oxygen atoms in total. The molecule has 0 aliphatic heterocycles. The van der Waals surface area contributed by atoms with Crippen molar-refractivity contribution in [3.8, 4) is 0 Å². The second-order valence-corrected chi connectivity index (χ2v) is 3.29. The van der Waals surface area contributed by atoms with Crippen molar-refractivity contribution in [2.45, 2.75) is 32.6 Å². The Balaban J connectivity index is 0. The van der Waals surface area contributed by atoms with Gasteiger partial charge in [-0.15, -0.1) is 0 Å². The van der Waals surface area contributed by atoms with Crippen molar-refractivity contribution in [1.82, 2.24) is 0 Å². The fourth-order valence-electron chi connectivity index (χ4n) is 1.94. The van der Waals surface area contributed by atoms with Crippen LogP contribution in [0.4, 0.5) is 0 Å². The minimum atomic E-state index is 0. The number of halogens is 2. The molecule has 0 aromatic carbocycles. The number of allylic oxidation sites excluding steroid dienone is 4. The first-order valence-electron chi connectivity index (χ1n) is 4.19. The van der Waals surface area contributed by atoms with Gasteiger partial charge in [0.1, 0.15) is 0 Å². The Kier molecular flexibility index (Phi) is 8.88. The van der Waals surface area contributed by atoms with Gasteiger partial charge in [-0.25, -0.2) is 6.08 Å². The van der Waals surface area contributed by atoms with Crippen molar-refractivity contribution in [3.05, 3.63) is 23.3 Å². The zero-order valence-corrected chi connectivity index (χ0v) is 10.8. The van der Waals surface area contributed by atoms with Crippen LogP contribution < -0.4 is 24.8 Å². The van der Waals surface area contributed by atoms with Crippen molar-refractivity contribution in [1.29, 1.82) is 0 Å². The molecule has 1 atom stereocenters. The van der Waals surface area contributed by atoms with Gasteiger partial charge < -0.3 is 24.8 Å². The first-order chi connectivity index (χ1) is 4.88. The fraction of sp³-hybridized carbons (Fsp3) is 0.600. The summed E-state index contributed by atoms with van der Waals surface area (Å²) in [6, 6.07) is 0. The molecule has 1 radical (unpaired) electrons. The van der Waals surface area contributed by atoms with Crippen LogP contribution in [0.2, 0.25) is 0 Å². The maximum absolute atomic E-state index is 3.36. The maximum Gasteiger partial charge on any atom is 3.00 e. The number of hydrogen-bond acceptors (Lipinski definition) is 0. The van der Waals surface area contributed by atoms with Crippen LogP contribution >= 0.6 is 0 Å². The van der Waals surface area contributed by atoms with E-state index in [1.165, 1.54) is 25.7 Å². The SMILES string of the molecule is CC1[C-]=CC2=C1CCCC2.[Cl-].[Cl-].[Ti+3]. The van der Waals surface area contributed by atoms with Gasteiger partial charge in [0.15, 0.2) is 0 Å². The first kappa shape index (κ1) is 16.2. The monoisotopic (exact) mass is 251 g/mol. The third kappa shape index (κ3) is 3.44. The van der Waals surface area contributed by atoms with E-state index in [0.717, 1.165) is 0 Å². The van der Waals surface area contributed by atoms with Crippen molar-refractivity contribution < 1.29 is 46.5 Å². The van der Waals surface area contributed by atoms with Crippen molar-refractivity contribution in [2.75, 3.05) is 0 Å². The predicted octanol–water partition coefficient (Wildman–Crippen LogP) is -3.13. The van der Waals surface area contributed by atoms with E-state index in [1.807, 2.05) is 0 Å². The molecule has 0 bridgehead atoms. The molecule has 0 heterocycles. The smallest absolute Gasteiger partial charge is 1.00 e. The van der Waals surface area contributed by atoms with E-state index in [0.29, 0.717) is 5.92 Å². The fourth-order valence-corrected chi connectivity index (χ4v) is 1.94. The van der Waals surface area contributed by atoms with Crippen molar-refractivity contribution >= 4 is 0 Å². The molecule has 0 spiro atoms. The van der Waals surface area contributed by atoms with E-state index in [2.05, 4.69) is 19.1 Å². The Morgan fingerprint density at radius 3 is 2.46 bits per heavy atom. The second kappa shape index (κ2) is 7.12. The summed E-state index contributed by atoms with van der Waals surface area (Å²) in [5, 5.41) is 0. The minimum Gasteiger partial charge on any atom is -1.00 e. The summed E-state index contributed by atoms with van der Waals surface area (Å²) in [6.45, 7) is 2.25. The zero-order valence-electron chi connectivity index (χ0n) is 7.74. The van der Waals surface area contributed by atoms with Crippen LogP contribution in [0, 0.1) is 12.0 Å². The van der Waals surface area contributed by atoms with Crippen molar-refractivity contribution in [2.24, 2.45) is 5.92 Å². The summed E-state index contributed by atoms with van der Waals surface area (Å²) in [6.07, 6.45) is 11.0. The average Bonchev–Trinajstić information content (AvgIpc) is 2.34. The Morgan fingerprint density at radius 1 is 1.23 bits per heavy atom. The molecule has 13 heavy (non-hydrogen) atoms. The molecule has 2 rings (SSSR count). The van der Waals surface area contributed by atoms with E-state index in [-0.39, 0.29) is 46.5 Å². The van der Waals surface area contributed by atoms with E-state index in [9.17, 15) is 0 Å². The average molecular weight is 252 g/mol. The van der Waals surface area contributed by atoms with Crippen LogP contribution in [0.5, 0.6) is 0 Å². The van der Waals surface area contributed by atoms with Crippen LogP contribution in [-0.2, 0) is 21.7 Å². The zero-order chi connectivity index (χ0) is 6.97. The Hall–Kier alpha value is 0.774. The summed E-state index contributed by atoms with van der Waals surface area (Å²) < 4.78 is 0. The molecule has 2 aliphatic rings. The summed E-state index contributed by atoms with van der Waals surface area (Å²) in [7, 11) is 0. The molecule has 0 amide bonds. The predicted molar refractivity (Wildman–Crippen MR) is 42.5 cm³/mol.